The van der Waals surface area contributed by atoms with Gasteiger partial charge in [0.15, 0.2) is 0 Å². The molecule has 6 amide bonds. The third-order valence-corrected chi connectivity index (χ3v) is 15.1. The Labute approximate surface area is 558 Å². The van der Waals surface area contributed by atoms with E-state index >= 15 is 0 Å². The summed E-state index contributed by atoms with van der Waals surface area (Å²) >= 11 is 12.9. The molecule has 0 bridgehead atoms. The molecule has 10 rings (SSSR count). The molecule has 0 saturated carbocycles. The van der Waals surface area contributed by atoms with Gasteiger partial charge in [-0.3, -0.25) is 14.4 Å². The van der Waals surface area contributed by atoms with Gasteiger partial charge in [0.1, 0.15) is 29.6 Å². The van der Waals surface area contributed by atoms with Gasteiger partial charge in [0, 0.05) is 25.0 Å². The van der Waals surface area contributed by atoms with Gasteiger partial charge in [-0.05, 0) is 150 Å². The lowest BCUT2D eigenvalue weighted by Gasteiger charge is -2.23. The van der Waals surface area contributed by atoms with Crippen molar-refractivity contribution >= 4 is 102 Å². The minimum Gasteiger partial charge on any atom is -0.508 e. The predicted octanol–water partition coefficient (Wildman–Crippen LogP) is 16.9. The van der Waals surface area contributed by atoms with Gasteiger partial charge in [-0.1, -0.05) is 229 Å². The van der Waals surface area contributed by atoms with E-state index in [1.165, 1.54) is 37.0 Å². The number of benzene rings is 7. The van der Waals surface area contributed by atoms with E-state index in [9.17, 15) is 33.9 Å². The van der Waals surface area contributed by atoms with Gasteiger partial charge in [-0.15, -0.1) is 0 Å². The van der Waals surface area contributed by atoms with Gasteiger partial charge in [0.2, 0.25) is 17.7 Å². The molecule has 14 nitrogen and oxygen atoms in total. The molecule has 3 aliphatic rings. The van der Waals surface area contributed by atoms with Crippen molar-refractivity contribution in [3.63, 3.8) is 0 Å². The number of nitrogens with zero attached hydrogens (tertiary/aromatic N) is 3. The largest absolute Gasteiger partial charge is 0.508 e. The number of carbonyl (C=O) groups excluding carboxylic acids is 6. The quantitative estimate of drug-likeness (QED) is 0.0566. The van der Waals surface area contributed by atoms with Crippen LogP contribution in [0.4, 0.5) is 14.4 Å². The predicted molar refractivity (Wildman–Crippen MR) is 368 cm³/mol. The number of ether oxygens (including phenoxy) is 3. The van der Waals surface area contributed by atoms with Crippen molar-refractivity contribution in [2.45, 2.75) is 110 Å². The number of aliphatic hydroxyl groups excluding tert-OH is 1. The van der Waals surface area contributed by atoms with Crippen LogP contribution in [0.2, 0.25) is 0 Å². The minimum absolute atomic E-state index is 0. The molecule has 3 aliphatic heterocycles. The molecule has 2 N–H and O–H groups in total. The number of rotatable bonds is 15. The van der Waals surface area contributed by atoms with Crippen molar-refractivity contribution in [2.75, 3.05) is 19.8 Å². The molecule has 0 aliphatic carbocycles. The summed E-state index contributed by atoms with van der Waals surface area (Å²) in [5.74, 6) is -0.997. The molecular formula is C70H80Br4N3O11P. The molecule has 0 spiro atoms. The summed E-state index contributed by atoms with van der Waals surface area (Å²) < 4.78 is 15.0. The summed E-state index contributed by atoms with van der Waals surface area (Å²) in [6.07, 6.45) is 1.68. The molecule has 7 aromatic carbocycles. The van der Waals surface area contributed by atoms with E-state index in [0.717, 1.165) is 38.7 Å². The van der Waals surface area contributed by atoms with Crippen LogP contribution in [-0.4, -0.2) is 98.9 Å². The molecule has 0 unspecified atom stereocenters. The lowest BCUT2D eigenvalue weighted by Crippen LogP contribution is -2.43. The minimum atomic E-state index is -0.566. The summed E-state index contributed by atoms with van der Waals surface area (Å²) in [5.41, 5.74) is 11.3. The van der Waals surface area contributed by atoms with Crippen LogP contribution in [0.5, 0.6) is 5.75 Å². The molecule has 89 heavy (non-hydrogen) atoms. The number of cyclic esters (lactones) is 3. The molecule has 5 atom stereocenters. The Balaban J connectivity index is 0.000000248. The summed E-state index contributed by atoms with van der Waals surface area (Å²) in [6.45, 7) is 12.5. The van der Waals surface area contributed by atoms with E-state index in [0.29, 0.717) is 45.1 Å². The van der Waals surface area contributed by atoms with Gasteiger partial charge in [-0.25, -0.2) is 29.1 Å². The van der Waals surface area contributed by atoms with Gasteiger partial charge < -0.3 is 24.4 Å². The first-order chi connectivity index (χ1) is 42.7. The highest BCUT2D eigenvalue weighted by atomic mass is 80.0. The number of hydrogen-bond donors (Lipinski definition) is 2. The molecule has 3 fully saturated rings. The second kappa shape index (κ2) is 38.9. The second-order valence-electron chi connectivity index (χ2n) is 21.6. The fourth-order valence-electron chi connectivity index (χ4n) is 9.59. The fraction of sp³-hybridized carbons (Fsp3) is 0.314. The molecule has 474 valence electrons. The smallest absolute Gasteiger partial charge is 0.416 e. The third kappa shape index (κ3) is 25.3. The first-order valence-corrected chi connectivity index (χ1v) is 37.7. The van der Waals surface area contributed by atoms with E-state index in [1.807, 2.05) is 160 Å². The van der Waals surface area contributed by atoms with E-state index < -0.39 is 18.3 Å². The van der Waals surface area contributed by atoms with Crippen molar-refractivity contribution in [3.8, 4) is 5.75 Å². The third-order valence-electron chi connectivity index (χ3n) is 14.4. The number of amides is 6. The Bertz CT molecular complexity index is 3110. The average molecular weight is 1490 g/mol. The number of aryl methyl sites for hydroxylation is 3. The number of phenolic OH excluding ortho intramolecular Hbond substituents is 1. The highest BCUT2D eigenvalue weighted by Crippen LogP contribution is 2.59. The van der Waals surface area contributed by atoms with Crippen LogP contribution >= 0.6 is 66.4 Å². The second-order valence-corrected chi connectivity index (χ2v) is 37.5. The van der Waals surface area contributed by atoms with E-state index in [4.69, 9.17) is 19.3 Å². The Kier molecular flexibility index (Phi) is 32.0. The topological polar surface area (TPSA) is 180 Å². The molecule has 0 radical (unpaired) electrons. The normalized spacial score (nSPS) is 16.2. The summed E-state index contributed by atoms with van der Waals surface area (Å²) in [4.78, 5) is 76.7. The van der Waals surface area contributed by atoms with Crippen LogP contribution < -0.4 is 0 Å². The number of phenols is 1. The maximum atomic E-state index is 12.9. The average Bonchev–Trinajstić information content (AvgIpc) is 2.17. The van der Waals surface area contributed by atoms with E-state index in [1.54, 1.807) is 38.1 Å². The molecule has 3 saturated heterocycles. The molecule has 7 aromatic rings. The van der Waals surface area contributed by atoms with Crippen LogP contribution in [-0.2, 0) is 72.6 Å². The fourth-order valence-corrected chi connectivity index (χ4v) is 9.96. The molecule has 0 aromatic heterocycles. The number of alkyl halides is 1. The van der Waals surface area contributed by atoms with Gasteiger partial charge in [0.25, 0.3) is 0 Å². The van der Waals surface area contributed by atoms with Crippen LogP contribution in [0.3, 0.4) is 0 Å². The van der Waals surface area contributed by atoms with E-state index in [2.05, 4.69) is 93.6 Å². The van der Waals surface area contributed by atoms with Crippen LogP contribution in [0, 0.1) is 32.6 Å². The number of carbonyl (C=O) groups is 6. The van der Waals surface area contributed by atoms with Crippen molar-refractivity contribution < 1.29 is 54.6 Å². The standard InChI is InChI=1S/C21H23NO3.C20H21NO4.C13H15NO3.C8H9Br.C8H10O.Br3P.H2/c1-15-8-10-18(11-9-15)12-16(2)20(23)22-19(14-25-21(22)24)13-17-6-4-3-5-7-17;1-14(11-16-7-9-18(22)10-8-16)19(23)21-17(13-25-20(21)24)12-15-5-3-2-4-6-15;1-2-12(15)14-11(9-17-13(14)16)8-10-6-4-3-5-7-10;2*1-7-2-4-8(6-9)5-3-7;1-4(2)3;/h3-11,16,19H,12-14H2,1-2H3;2-10,14,17,22H,11-13H2,1H3;3-7,11H,2,8-9H2,1H3;2-5H,6H2,1H3;2-5,9H,6H2,1H3;;1H/t16-,19+;14-,17-;11-;;;;/m100..../s1. The maximum Gasteiger partial charge on any atom is 0.416 e. The van der Waals surface area contributed by atoms with E-state index in [-0.39, 0.29) is 78.7 Å². The Morgan fingerprint density at radius 1 is 0.483 bits per heavy atom. The Morgan fingerprint density at radius 3 is 1.09 bits per heavy atom. The monoisotopic (exact) mass is 1490 g/mol. The van der Waals surface area contributed by atoms with Crippen LogP contribution in [0.25, 0.3) is 0 Å². The van der Waals surface area contributed by atoms with Crippen molar-refractivity contribution in [1.29, 1.82) is 0 Å². The molecular weight excluding hydrogens is 1410 g/mol. The highest BCUT2D eigenvalue weighted by molar-refractivity contribution is 9.93. The molecule has 3 heterocycles. The summed E-state index contributed by atoms with van der Waals surface area (Å²) in [5, 5.41) is 18.9. The first-order valence-electron chi connectivity index (χ1n) is 29.2. The van der Waals surface area contributed by atoms with Crippen LogP contribution in [0.15, 0.2) is 188 Å². The van der Waals surface area contributed by atoms with Crippen LogP contribution in [0.1, 0.15) is 84.3 Å². The summed E-state index contributed by atoms with van der Waals surface area (Å²) in [6, 6.07) is 60.0. The van der Waals surface area contributed by atoms with Crippen molar-refractivity contribution in [2.24, 2.45) is 11.8 Å². The summed E-state index contributed by atoms with van der Waals surface area (Å²) in [7, 11) is 0. The number of aromatic hydroxyl groups is 1. The van der Waals surface area contributed by atoms with Gasteiger partial charge in [-0.2, -0.15) is 0 Å². The van der Waals surface area contributed by atoms with Gasteiger partial charge in [0.05, 0.1) is 24.7 Å². The zero-order chi connectivity index (χ0) is 64.8. The molecule has 19 heteroatoms. The van der Waals surface area contributed by atoms with Crippen molar-refractivity contribution in [3.05, 3.63) is 244 Å². The lowest BCUT2D eigenvalue weighted by molar-refractivity contribution is -0.133. The maximum absolute atomic E-state index is 12.9. The van der Waals surface area contributed by atoms with Gasteiger partial charge >= 0.3 is 18.3 Å². The Morgan fingerprint density at radius 2 is 0.775 bits per heavy atom. The van der Waals surface area contributed by atoms with Crippen molar-refractivity contribution in [1.82, 2.24) is 14.7 Å². The highest BCUT2D eigenvalue weighted by Gasteiger charge is 2.41. The number of imide groups is 3. The zero-order valence-corrected chi connectivity index (χ0v) is 58.2. The first kappa shape index (κ1) is 73.2. The number of aliphatic hydroxyl groups is 1. The zero-order valence-electron chi connectivity index (χ0n) is 50.9. The Hall–Kier alpha value is -6.53. The SMILES string of the molecule is BrP(Br)Br.CCC(=O)N1C(=O)OC[C@@H]1Cc1ccccc1.C[C@@H](Cc1ccc(O)cc1)C(=O)N1C(=O)OC[C@@H]1Cc1ccccc1.Cc1ccc(CBr)cc1.Cc1ccc(CO)cc1.Cc1ccc(C[C@@H](C)C(=O)N2C(=O)OC[C@@H]2Cc2ccccc2)cc1.[HH]. The lowest BCUT2D eigenvalue weighted by atomic mass is 9.98. The number of halogens is 4. The number of hydrogen-bond acceptors (Lipinski definition) is 11.